The number of hydrogen-bond acceptors (Lipinski definition) is 4. The van der Waals surface area contributed by atoms with Crippen molar-refractivity contribution in [2.45, 2.75) is 12.5 Å². The Morgan fingerprint density at radius 2 is 1.88 bits per heavy atom. The van der Waals surface area contributed by atoms with Gasteiger partial charge in [0.05, 0.1) is 19.6 Å². The molecule has 3 rings (SSSR count). The van der Waals surface area contributed by atoms with Gasteiger partial charge in [0.15, 0.2) is 5.76 Å². The van der Waals surface area contributed by atoms with Crippen LogP contribution in [0.4, 0.5) is 0 Å². The summed E-state index contributed by atoms with van der Waals surface area (Å²) in [4.78, 5) is 24.3. The zero-order chi connectivity index (χ0) is 17.8. The molecule has 128 valence electrons. The molecule has 2 aromatic carbocycles. The fourth-order valence-electron chi connectivity index (χ4n) is 2.57. The van der Waals surface area contributed by atoms with E-state index in [1.54, 1.807) is 36.4 Å². The second-order valence-corrected chi connectivity index (χ2v) is 5.88. The maximum atomic E-state index is 12.6. The lowest BCUT2D eigenvalue weighted by Crippen LogP contribution is -2.30. The summed E-state index contributed by atoms with van der Waals surface area (Å²) in [5.74, 6) is -0.706. The van der Waals surface area contributed by atoms with E-state index in [0.717, 1.165) is 5.39 Å². The Hall–Kier alpha value is -2.79. The molecular weight excluding hydrogens is 342 g/mol. The number of nitrogens with one attached hydrogen (secondary N) is 1. The third-order valence-electron chi connectivity index (χ3n) is 3.83. The van der Waals surface area contributed by atoms with E-state index in [9.17, 15) is 9.59 Å². The summed E-state index contributed by atoms with van der Waals surface area (Å²) >= 11 is 6.21. The molecule has 1 heterocycles. The summed E-state index contributed by atoms with van der Waals surface area (Å²) in [6.07, 6.45) is -0.0355. The molecule has 0 spiro atoms. The van der Waals surface area contributed by atoms with Crippen molar-refractivity contribution in [1.82, 2.24) is 5.32 Å². The van der Waals surface area contributed by atoms with Crippen molar-refractivity contribution < 1.29 is 18.7 Å². The van der Waals surface area contributed by atoms with Gasteiger partial charge in [-0.1, -0.05) is 48.0 Å². The van der Waals surface area contributed by atoms with E-state index in [2.05, 4.69) is 5.32 Å². The monoisotopic (exact) mass is 357 g/mol. The fraction of sp³-hybridized carbons (Fsp3) is 0.158. The van der Waals surface area contributed by atoms with Crippen molar-refractivity contribution >= 4 is 34.4 Å². The number of fused-ring (bicyclic) bond motifs is 1. The molecule has 1 amide bonds. The highest BCUT2D eigenvalue weighted by molar-refractivity contribution is 6.31. The molecule has 1 atom stereocenters. The molecule has 0 bridgehead atoms. The predicted molar refractivity (Wildman–Crippen MR) is 94.5 cm³/mol. The molecule has 0 aliphatic heterocycles. The first-order chi connectivity index (χ1) is 12.1. The van der Waals surface area contributed by atoms with Gasteiger partial charge in [0, 0.05) is 10.4 Å². The lowest BCUT2D eigenvalue weighted by atomic mass is 10.0. The van der Waals surface area contributed by atoms with E-state index in [1.807, 2.05) is 18.2 Å². The number of carbonyl (C=O) groups excluding carboxylic acids is 2. The first kappa shape index (κ1) is 17.0. The number of carbonyl (C=O) groups is 2. The number of benzene rings is 2. The first-order valence-corrected chi connectivity index (χ1v) is 8.07. The minimum Gasteiger partial charge on any atom is -0.469 e. The lowest BCUT2D eigenvalue weighted by molar-refractivity contribution is -0.141. The number of methoxy groups -OCH3 is 1. The van der Waals surface area contributed by atoms with E-state index < -0.39 is 17.9 Å². The second kappa shape index (κ2) is 7.40. The van der Waals surface area contributed by atoms with Crippen molar-refractivity contribution in [2.24, 2.45) is 0 Å². The van der Waals surface area contributed by atoms with Crippen LogP contribution in [-0.4, -0.2) is 19.0 Å². The average molecular weight is 358 g/mol. The highest BCUT2D eigenvalue weighted by Crippen LogP contribution is 2.26. The molecule has 5 nitrogen and oxygen atoms in total. The lowest BCUT2D eigenvalue weighted by Gasteiger charge is -2.18. The molecule has 0 aliphatic carbocycles. The third-order valence-corrected chi connectivity index (χ3v) is 4.18. The van der Waals surface area contributed by atoms with Crippen molar-refractivity contribution in [3.63, 3.8) is 0 Å². The van der Waals surface area contributed by atoms with E-state index in [1.165, 1.54) is 7.11 Å². The Morgan fingerprint density at radius 3 is 2.60 bits per heavy atom. The van der Waals surface area contributed by atoms with Crippen LogP contribution in [-0.2, 0) is 9.53 Å². The number of amides is 1. The molecule has 25 heavy (non-hydrogen) atoms. The van der Waals surface area contributed by atoms with Gasteiger partial charge in [-0.2, -0.15) is 0 Å². The van der Waals surface area contributed by atoms with Crippen LogP contribution in [0.15, 0.2) is 59.0 Å². The minimum atomic E-state index is -0.623. The molecule has 1 aromatic heterocycles. The van der Waals surface area contributed by atoms with Crippen LogP contribution in [0, 0.1) is 0 Å². The molecule has 3 aromatic rings. The van der Waals surface area contributed by atoms with Gasteiger partial charge in [0.25, 0.3) is 5.91 Å². The van der Waals surface area contributed by atoms with E-state index >= 15 is 0 Å². The third kappa shape index (κ3) is 3.83. The smallest absolute Gasteiger partial charge is 0.307 e. The molecule has 0 aliphatic rings. The van der Waals surface area contributed by atoms with Gasteiger partial charge >= 0.3 is 5.97 Å². The minimum absolute atomic E-state index is 0.0355. The Balaban J connectivity index is 1.87. The number of para-hydroxylation sites is 1. The fourth-order valence-corrected chi connectivity index (χ4v) is 2.84. The molecule has 1 N–H and O–H groups in total. The summed E-state index contributed by atoms with van der Waals surface area (Å²) in [5, 5.41) is 4.09. The largest absolute Gasteiger partial charge is 0.469 e. The van der Waals surface area contributed by atoms with Crippen LogP contribution < -0.4 is 5.32 Å². The predicted octanol–water partition coefficient (Wildman–Crippen LogP) is 4.12. The van der Waals surface area contributed by atoms with Gasteiger partial charge in [-0.25, -0.2) is 0 Å². The molecule has 0 saturated carbocycles. The van der Waals surface area contributed by atoms with Gasteiger partial charge < -0.3 is 14.5 Å². The normalized spacial score (nSPS) is 11.9. The maximum absolute atomic E-state index is 12.6. The van der Waals surface area contributed by atoms with Crippen LogP contribution in [0.3, 0.4) is 0 Å². The summed E-state index contributed by atoms with van der Waals surface area (Å²) in [6, 6.07) is 15.4. The zero-order valence-electron chi connectivity index (χ0n) is 13.5. The van der Waals surface area contributed by atoms with Crippen LogP contribution in [0.1, 0.15) is 28.6 Å². The van der Waals surface area contributed by atoms with Crippen LogP contribution in [0.5, 0.6) is 0 Å². The Morgan fingerprint density at radius 1 is 1.16 bits per heavy atom. The number of rotatable bonds is 5. The molecule has 6 heteroatoms. The summed E-state index contributed by atoms with van der Waals surface area (Å²) in [5.41, 5.74) is 1.26. The zero-order valence-corrected chi connectivity index (χ0v) is 14.2. The van der Waals surface area contributed by atoms with Crippen molar-refractivity contribution in [1.29, 1.82) is 0 Å². The van der Waals surface area contributed by atoms with Gasteiger partial charge in [-0.3, -0.25) is 9.59 Å². The summed E-state index contributed by atoms with van der Waals surface area (Å²) < 4.78 is 10.3. The quantitative estimate of drug-likeness (QED) is 0.697. The van der Waals surface area contributed by atoms with Gasteiger partial charge in [-0.05, 0) is 23.8 Å². The molecule has 0 unspecified atom stereocenters. The van der Waals surface area contributed by atoms with Crippen LogP contribution in [0.25, 0.3) is 11.0 Å². The second-order valence-electron chi connectivity index (χ2n) is 5.48. The highest BCUT2D eigenvalue weighted by Gasteiger charge is 2.23. The number of halogens is 1. The maximum Gasteiger partial charge on any atom is 0.307 e. The Labute approximate surface area is 149 Å². The summed E-state index contributed by atoms with van der Waals surface area (Å²) in [7, 11) is 1.30. The first-order valence-electron chi connectivity index (χ1n) is 7.69. The number of hydrogen-bond donors (Lipinski definition) is 1. The topological polar surface area (TPSA) is 68.5 Å². The molecular formula is C19H16ClNO4. The standard InChI is InChI=1S/C19H16ClNO4/c1-24-18(22)11-15(13-7-3-4-8-14(13)20)21-19(23)17-10-12-6-2-5-9-16(12)25-17/h2-10,15H,11H2,1H3,(H,21,23)/t15-/m1/s1. The van der Waals surface area contributed by atoms with Crippen molar-refractivity contribution in [3.8, 4) is 0 Å². The average Bonchev–Trinajstić information content (AvgIpc) is 3.05. The summed E-state index contributed by atoms with van der Waals surface area (Å²) in [6.45, 7) is 0. The number of ether oxygens (including phenoxy) is 1. The van der Waals surface area contributed by atoms with Crippen molar-refractivity contribution in [3.05, 3.63) is 70.9 Å². The molecule has 0 radical (unpaired) electrons. The van der Waals surface area contributed by atoms with E-state index in [-0.39, 0.29) is 12.2 Å². The van der Waals surface area contributed by atoms with Gasteiger partial charge in [-0.15, -0.1) is 0 Å². The highest BCUT2D eigenvalue weighted by atomic mass is 35.5. The molecule has 0 fully saturated rings. The van der Waals surface area contributed by atoms with E-state index in [4.69, 9.17) is 20.8 Å². The van der Waals surface area contributed by atoms with Gasteiger partial charge in [0.2, 0.25) is 0 Å². The van der Waals surface area contributed by atoms with Crippen LogP contribution >= 0.6 is 11.6 Å². The molecule has 0 saturated heterocycles. The van der Waals surface area contributed by atoms with Crippen LogP contribution in [0.2, 0.25) is 5.02 Å². The number of furan rings is 1. The number of esters is 1. The SMILES string of the molecule is COC(=O)C[C@@H](NC(=O)c1cc2ccccc2o1)c1ccccc1Cl. The van der Waals surface area contributed by atoms with Crippen molar-refractivity contribution in [2.75, 3.05) is 7.11 Å². The van der Waals surface area contributed by atoms with E-state index in [0.29, 0.717) is 16.2 Å². The van der Waals surface area contributed by atoms with Gasteiger partial charge in [0.1, 0.15) is 5.58 Å². The Bertz CT molecular complexity index is 885. The Kier molecular flexibility index (Phi) is 5.05.